The fraction of sp³-hybridized carbons (Fsp3) is 0.571. The Labute approximate surface area is 117 Å². The highest BCUT2D eigenvalue weighted by Gasteiger charge is 2.20. The summed E-state index contributed by atoms with van der Waals surface area (Å²) < 4.78 is 6.97. The Morgan fingerprint density at radius 3 is 2.65 bits per heavy atom. The fourth-order valence-electron chi connectivity index (χ4n) is 2.42. The van der Waals surface area contributed by atoms with E-state index in [0.717, 1.165) is 12.1 Å². The third kappa shape index (κ3) is 3.19. The van der Waals surface area contributed by atoms with Crippen LogP contribution in [0, 0.1) is 0 Å². The van der Waals surface area contributed by atoms with E-state index in [4.69, 9.17) is 9.84 Å². The Morgan fingerprint density at radius 1 is 1.35 bits per heavy atom. The highest BCUT2D eigenvalue weighted by molar-refractivity contribution is 5.89. The molecule has 0 spiro atoms. The van der Waals surface area contributed by atoms with Crippen molar-refractivity contribution in [3.8, 4) is 0 Å². The second-order valence-corrected chi connectivity index (χ2v) is 4.85. The molecule has 2 heterocycles. The second kappa shape index (κ2) is 6.56. The van der Waals surface area contributed by atoms with Crippen LogP contribution in [0.5, 0.6) is 0 Å². The molecule has 1 aromatic rings. The van der Waals surface area contributed by atoms with Gasteiger partial charge in [0.15, 0.2) is 0 Å². The second-order valence-electron chi connectivity index (χ2n) is 4.85. The van der Waals surface area contributed by atoms with Crippen molar-refractivity contribution in [2.75, 3.05) is 26.3 Å². The van der Waals surface area contributed by atoms with Gasteiger partial charge in [-0.15, -0.1) is 0 Å². The van der Waals surface area contributed by atoms with Crippen LogP contribution < -0.4 is 0 Å². The lowest BCUT2D eigenvalue weighted by molar-refractivity contribution is -0.135. The minimum absolute atomic E-state index is 0.0122. The number of morpholine rings is 1. The van der Waals surface area contributed by atoms with E-state index in [0.29, 0.717) is 38.3 Å². The molecule has 0 atom stereocenters. The molecule has 1 aromatic heterocycles. The Morgan fingerprint density at radius 2 is 2.05 bits per heavy atom. The topological polar surface area (TPSA) is 71.8 Å². The molecular formula is C14H20N2O4. The predicted molar refractivity (Wildman–Crippen MR) is 72.8 cm³/mol. The van der Waals surface area contributed by atoms with Gasteiger partial charge in [0.1, 0.15) is 6.54 Å². The van der Waals surface area contributed by atoms with Gasteiger partial charge in [-0.25, -0.2) is 4.79 Å². The quantitative estimate of drug-likeness (QED) is 0.873. The lowest BCUT2D eigenvalue weighted by Crippen LogP contribution is -2.42. The van der Waals surface area contributed by atoms with E-state index >= 15 is 0 Å². The molecule has 1 aliphatic rings. The molecule has 0 unspecified atom stereocenters. The van der Waals surface area contributed by atoms with Crippen molar-refractivity contribution >= 4 is 11.9 Å². The minimum Gasteiger partial charge on any atom is -0.478 e. The standard InChI is InChI=1S/C14H20N2O4/c1-2-3-12-11(14(18)19)4-5-16(12)10-13(17)15-6-8-20-9-7-15/h4-5H,2-3,6-10H2,1H3,(H,18,19). The van der Waals surface area contributed by atoms with Crippen molar-refractivity contribution in [3.05, 3.63) is 23.5 Å². The van der Waals surface area contributed by atoms with E-state index in [9.17, 15) is 9.59 Å². The van der Waals surface area contributed by atoms with Gasteiger partial charge in [-0.2, -0.15) is 0 Å². The largest absolute Gasteiger partial charge is 0.478 e. The highest BCUT2D eigenvalue weighted by atomic mass is 16.5. The van der Waals surface area contributed by atoms with Crippen molar-refractivity contribution in [2.45, 2.75) is 26.3 Å². The zero-order valence-corrected chi connectivity index (χ0v) is 11.7. The maximum Gasteiger partial charge on any atom is 0.337 e. The molecule has 1 aliphatic heterocycles. The summed E-state index contributed by atoms with van der Waals surface area (Å²) in [6, 6.07) is 1.57. The third-order valence-corrected chi connectivity index (χ3v) is 3.47. The van der Waals surface area contributed by atoms with E-state index in [1.54, 1.807) is 21.7 Å². The van der Waals surface area contributed by atoms with Gasteiger partial charge in [-0.3, -0.25) is 4.79 Å². The van der Waals surface area contributed by atoms with Crippen LogP contribution in [0.3, 0.4) is 0 Å². The zero-order valence-electron chi connectivity index (χ0n) is 11.7. The van der Waals surface area contributed by atoms with Gasteiger partial charge in [0, 0.05) is 25.0 Å². The molecule has 110 valence electrons. The fourth-order valence-corrected chi connectivity index (χ4v) is 2.42. The van der Waals surface area contributed by atoms with Crippen molar-refractivity contribution < 1.29 is 19.4 Å². The summed E-state index contributed by atoms with van der Waals surface area (Å²) in [5, 5.41) is 9.16. The first-order chi connectivity index (χ1) is 9.63. The molecular weight excluding hydrogens is 260 g/mol. The number of aromatic nitrogens is 1. The Balaban J connectivity index is 2.11. The van der Waals surface area contributed by atoms with Crippen LogP contribution in [0.15, 0.2) is 12.3 Å². The van der Waals surface area contributed by atoms with E-state index in [1.807, 2.05) is 6.92 Å². The van der Waals surface area contributed by atoms with E-state index < -0.39 is 5.97 Å². The molecule has 6 nitrogen and oxygen atoms in total. The van der Waals surface area contributed by atoms with Gasteiger partial charge in [0.25, 0.3) is 0 Å². The number of carbonyl (C=O) groups excluding carboxylic acids is 1. The Bertz CT molecular complexity index is 489. The molecule has 0 saturated carbocycles. The summed E-state index contributed by atoms with van der Waals surface area (Å²) in [7, 11) is 0. The molecule has 20 heavy (non-hydrogen) atoms. The number of carboxylic acid groups (broad SMARTS) is 1. The number of ether oxygens (including phenoxy) is 1. The lowest BCUT2D eigenvalue weighted by atomic mass is 10.1. The van der Waals surface area contributed by atoms with Crippen LogP contribution in [0.2, 0.25) is 0 Å². The average molecular weight is 280 g/mol. The summed E-state index contributed by atoms with van der Waals surface area (Å²) in [4.78, 5) is 25.1. The first-order valence-electron chi connectivity index (χ1n) is 6.90. The van der Waals surface area contributed by atoms with Crippen LogP contribution in [0.4, 0.5) is 0 Å². The summed E-state index contributed by atoms with van der Waals surface area (Å²) in [5.74, 6) is -0.927. The van der Waals surface area contributed by atoms with Gasteiger partial charge in [-0.05, 0) is 12.5 Å². The first-order valence-corrected chi connectivity index (χ1v) is 6.90. The van der Waals surface area contributed by atoms with Gasteiger partial charge < -0.3 is 19.3 Å². The highest BCUT2D eigenvalue weighted by Crippen LogP contribution is 2.14. The summed E-state index contributed by atoms with van der Waals surface area (Å²) in [5.41, 5.74) is 1.02. The lowest BCUT2D eigenvalue weighted by Gasteiger charge is -2.27. The molecule has 0 radical (unpaired) electrons. The average Bonchev–Trinajstić information content (AvgIpc) is 2.83. The molecule has 0 bridgehead atoms. The molecule has 1 fully saturated rings. The molecule has 1 N–H and O–H groups in total. The zero-order chi connectivity index (χ0) is 14.5. The molecule has 6 heteroatoms. The SMILES string of the molecule is CCCc1c(C(=O)O)ccn1CC(=O)N1CCOCC1. The Hall–Kier alpha value is -1.82. The van der Waals surface area contributed by atoms with E-state index in [1.165, 1.54) is 0 Å². The number of nitrogens with zero attached hydrogens (tertiary/aromatic N) is 2. The van der Waals surface area contributed by atoms with Gasteiger partial charge in [0.2, 0.25) is 5.91 Å². The summed E-state index contributed by atoms with van der Waals surface area (Å²) in [6.45, 7) is 4.54. The van der Waals surface area contributed by atoms with Gasteiger partial charge in [-0.1, -0.05) is 13.3 Å². The number of carboxylic acids is 1. The number of carbonyl (C=O) groups is 2. The minimum atomic E-state index is -0.939. The van der Waals surface area contributed by atoms with Crippen LogP contribution in [-0.4, -0.2) is 52.8 Å². The number of aromatic carboxylic acids is 1. The van der Waals surface area contributed by atoms with Crippen molar-refractivity contribution in [1.29, 1.82) is 0 Å². The summed E-state index contributed by atoms with van der Waals surface area (Å²) >= 11 is 0. The van der Waals surface area contributed by atoms with Crippen molar-refractivity contribution in [1.82, 2.24) is 9.47 Å². The number of rotatable bonds is 5. The van der Waals surface area contributed by atoms with Crippen LogP contribution in [-0.2, 0) is 22.5 Å². The van der Waals surface area contributed by atoms with E-state index in [2.05, 4.69) is 0 Å². The van der Waals surface area contributed by atoms with Crippen molar-refractivity contribution in [2.24, 2.45) is 0 Å². The maximum absolute atomic E-state index is 12.2. The molecule has 2 rings (SSSR count). The molecule has 0 aliphatic carbocycles. The van der Waals surface area contributed by atoms with Gasteiger partial charge >= 0.3 is 5.97 Å². The number of amides is 1. The maximum atomic E-state index is 12.2. The third-order valence-electron chi connectivity index (χ3n) is 3.47. The Kier molecular flexibility index (Phi) is 4.79. The predicted octanol–water partition coefficient (Wildman–Crippen LogP) is 0.998. The van der Waals surface area contributed by atoms with E-state index in [-0.39, 0.29) is 12.5 Å². The van der Waals surface area contributed by atoms with Crippen molar-refractivity contribution in [3.63, 3.8) is 0 Å². The monoisotopic (exact) mass is 280 g/mol. The molecule has 1 saturated heterocycles. The van der Waals surface area contributed by atoms with Crippen LogP contribution in [0.25, 0.3) is 0 Å². The van der Waals surface area contributed by atoms with Crippen LogP contribution in [0.1, 0.15) is 29.4 Å². The van der Waals surface area contributed by atoms with Crippen LogP contribution >= 0.6 is 0 Å². The molecule has 0 aromatic carbocycles. The first kappa shape index (κ1) is 14.6. The molecule has 1 amide bonds. The van der Waals surface area contributed by atoms with Gasteiger partial charge in [0.05, 0.1) is 18.8 Å². The normalized spacial score (nSPS) is 15.3. The summed E-state index contributed by atoms with van der Waals surface area (Å²) in [6.07, 6.45) is 3.19. The number of hydrogen-bond donors (Lipinski definition) is 1. The smallest absolute Gasteiger partial charge is 0.337 e. The number of hydrogen-bond acceptors (Lipinski definition) is 3.